The van der Waals surface area contributed by atoms with Gasteiger partial charge in [0.2, 0.25) is 0 Å². The lowest BCUT2D eigenvalue weighted by Gasteiger charge is -2.07. The van der Waals surface area contributed by atoms with E-state index in [4.69, 9.17) is 9.94 Å². The molecule has 0 radical (unpaired) electrons. The van der Waals surface area contributed by atoms with Crippen LogP contribution in [0.2, 0.25) is 0 Å². The first-order valence-corrected chi connectivity index (χ1v) is 6.02. The molecule has 0 fully saturated rings. The Labute approximate surface area is 116 Å². The predicted molar refractivity (Wildman–Crippen MR) is 76.5 cm³/mol. The number of para-hydroxylation sites is 1. The Morgan fingerprint density at radius 3 is 2.35 bits per heavy atom. The minimum atomic E-state index is -0.559. The van der Waals surface area contributed by atoms with Crippen LogP contribution in [-0.2, 0) is 0 Å². The second-order valence-corrected chi connectivity index (χ2v) is 4.09. The highest BCUT2D eigenvalue weighted by Crippen LogP contribution is 2.13. The van der Waals surface area contributed by atoms with Crippen molar-refractivity contribution in [1.82, 2.24) is 0 Å². The van der Waals surface area contributed by atoms with Gasteiger partial charge in [0.15, 0.2) is 0 Å². The Morgan fingerprint density at radius 1 is 1.10 bits per heavy atom. The minimum absolute atomic E-state index is 0.477. The number of nitrogens with one attached hydrogen (secondary N) is 1. The fourth-order valence-electron chi connectivity index (χ4n) is 1.59. The van der Waals surface area contributed by atoms with Gasteiger partial charge in [0.05, 0.1) is 5.71 Å². The van der Waals surface area contributed by atoms with E-state index in [9.17, 15) is 4.79 Å². The largest absolute Gasteiger partial charge is 0.417 e. The van der Waals surface area contributed by atoms with E-state index in [0.717, 1.165) is 5.56 Å². The van der Waals surface area contributed by atoms with E-state index in [1.54, 1.807) is 55.5 Å². The maximum atomic E-state index is 11.7. The maximum Gasteiger partial charge on any atom is 0.417 e. The molecule has 2 aromatic carbocycles. The summed E-state index contributed by atoms with van der Waals surface area (Å²) in [6.45, 7) is 1.69. The Hall–Kier alpha value is -2.82. The molecule has 0 heterocycles. The van der Waals surface area contributed by atoms with Gasteiger partial charge in [-0.1, -0.05) is 35.5 Å². The first kappa shape index (κ1) is 13.6. The molecule has 0 aromatic heterocycles. The number of anilines is 1. The third-order valence-electron chi connectivity index (χ3n) is 2.65. The van der Waals surface area contributed by atoms with Crippen molar-refractivity contribution in [2.75, 3.05) is 5.32 Å². The summed E-state index contributed by atoms with van der Waals surface area (Å²) in [4.78, 5) is 11.7. The number of nitrogens with zero attached hydrogens (tertiary/aromatic N) is 1. The van der Waals surface area contributed by atoms with Crippen molar-refractivity contribution in [3.8, 4) is 5.75 Å². The van der Waals surface area contributed by atoms with Crippen molar-refractivity contribution < 1.29 is 14.7 Å². The van der Waals surface area contributed by atoms with Gasteiger partial charge in [0.1, 0.15) is 5.75 Å². The molecule has 2 N–H and O–H groups in total. The maximum absolute atomic E-state index is 11.7. The molecular weight excluding hydrogens is 256 g/mol. The van der Waals surface area contributed by atoms with E-state index >= 15 is 0 Å². The molecule has 0 aliphatic carbocycles. The van der Waals surface area contributed by atoms with Gasteiger partial charge in [-0.3, -0.25) is 5.32 Å². The number of hydrogen-bond acceptors (Lipinski definition) is 4. The molecule has 2 rings (SSSR count). The van der Waals surface area contributed by atoms with Crippen molar-refractivity contribution in [1.29, 1.82) is 0 Å². The molecule has 0 aliphatic heterocycles. The molecule has 0 aliphatic rings. The van der Waals surface area contributed by atoms with Crippen molar-refractivity contribution >= 4 is 17.5 Å². The molecule has 2 aromatic rings. The van der Waals surface area contributed by atoms with Crippen LogP contribution < -0.4 is 10.1 Å². The molecule has 1 amide bonds. The lowest BCUT2D eigenvalue weighted by molar-refractivity contribution is 0.215. The molecule has 102 valence electrons. The van der Waals surface area contributed by atoms with E-state index in [2.05, 4.69) is 10.5 Å². The third kappa shape index (κ3) is 3.58. The number of ether oxygens (including phenoxy) is 1. The zero-order valence-electron chi connectivity index (χ0n) is 10.9. The van der Waals surface area contributed by atoms with Gasteiger partial charge >= 0.3 is 6.09 Å². The molecule has 0 bridgehead atoms. The lowest BCUT2D eigenvalue weighted by atomic mass is 10.1. The molecule has 0 unspecified atom stereocenters. The Morgan fingerprint density at radius 2 is 1.75 bits per heavy atom. The molecule has 5 heteroatoms. The first-order valence-electron chi connectivity index (χ1n) is 6.02. The Balaban J connectivity index is 1.98. The zero-order chi connectivity index (χ0) is 14.4. The smallest absolute Gasteiger partial charge is 0.411 e. The van der Waals surface area contributed by atoms with Crippen LogP contribution in [0.15, 0.2) is 59.8 Å². The van der Waals surface area contributed by atoms with E-state index in [0.29, 0.717) is 17.1 Å². The lowest BCUT2D eigenvalue weighted by Crippen LogP contribution is -2.16. The quantitative estimate of drug-likeness (QED) is 0.509. The molecule has 5 nitrogen and oxygen atoms in total. The summed E-state index contributed by atoms with van der Waals surface area (Å²) in [5.74, 6) is 0.477. The van der Waals surface area contributed by atoms with Crippen LogP contribution in [0.25, 0.3) is 0 Å². The van der Waals surface area contributed by atoms with Crippen LogP contribution in [0, 0.1) is 0 Å². The van der Waals surface area contributed by atoms with Gasteiger partial charge in [-0.2, -0.15) is 0 Å². The average Bonchev–Trinajstić information content (AvgIpc) is 2.48. The zero-order valence-corrected chi connectivity index (χ0v) is 10.9. The number of oxime groups is 1. The summed E-state index contributed by atoms with van der Waals surface area (Å²) in [5.41, 5.74) is 1.87. The third-order valence-corrected chi connectivity index (χ3v) is 2.65. The monoisotopic (exact) mass is 270 g/mol. The number of amides is 1. The van der Waals surface area contributed by atoms with E-state index in [1.165, 1.54) is 0 Å². The second-order valence-electron chi connectivity index (χ2n) is 4.09. The summed E-state index contributed by atoms with van der Waals surface area (Å²) in [5, 5.41) is 14.4. The molecule has 0 saturated carbocycles. The standard InChI is InChI=1S/C15H14N2O3/c1-11(17-19)12-7-9-13(10-8-12)16-15(18)20-14-5-3-2-4-6-14/h2-10,19H,1H3,(H,16,18)/b17-11+. The van der Waals surface area contributed by atoms with E-state index in [1.807, 2.05) is 6.07 Å². The molecule has 0 spiro atoms. The second kappa shape index (κ2) is 6.38. The van der Waals surface area contributed by atoms with Crippen LogP contribution >= 0.6 is 0 Å². The fourth-order valence-corrected chi connectivity index (χ4v) is 1.59. The fraction of sp³-hybridized carbons (Fsp3) is 0.0667. The van der Waals surface area contributed by atoms with Gasteiger partial charge in [0.25, 0.3) is 0 Å². The first-order chi connectivity index (χ1) is 9.69. The van der Waals surface area contributed by atoms with Crippen LogP contribution in [-0.4, -0.2) is 17.0 Å². The molecular formula is C15H14N2O3. The van der Waals surface area contributed by atoms with Crippen molar-refractivity contribution in [2.24, 2.45) is 5.16 Å². The number of hydrogen-bond donors (Lipinski definition) is 2. The van der Waals surface area contributed by atoms with Gasteiger partial charge in [0, 0.05) is 5.69 Å². The van der Waals surface area contributed by atoms with Crippen LogP contribution in [0.1, 0.15) is 12.5 Å². The topological polar surface area (TPSA) is 70.9 Å². The van der Waals surface area contributed by atoms with Crippen LogP contribution in [0.5, 0.6) is 5.75 Å². The summed E-state index contributed by atoms with van der Waals surface area (Å²) in [7, 11) is 0. The van der Waals surface area contributed by atoms with Gasteiger partial charge in [-0.15, -0.1) is 0 Å². The number of carbonyl (C=O) groups is 1. The van der Waals surface area contributed by atoms with Gasteiger partial charge < -0.3 is 9.94 Å². The highest BCUT2D eigenvalue weighted by molar-refractivity contribution is 5.98. The summed E-state index contributed by atoms with van der Waals surface area (Å²) < 4.78 is 5.10. The van der Waals surface area contributed by atoms with Gasteiger partial charge in [-0.25, -0.2) is 4.79 Å². The van der Waals surface area contributed by atoms with Crippen LogP contribution in [0.3, 0.4) is 0 Å². The summed E-state index contributed by atoms with van der Waals surface area (Å²) in [6.07, 6.45) is -0.559. The Bertz CT molecular complexity index is 607. The van der Waals surface area contributed by atoms with E-state index in [-0.39, 0.29) is 0 Å². The van der Waals surface area contributed by atoms with E-state index < -0.39 is 6.09 Å². The summed E-state index contributed by atoms with van der Waals surface area (Å²) >= 11 is 0. The van der Waals surface area contributed by atoms with Crippen molar-refractivity contribution in [3.05, 3.63) is 60.2 Å². The van der Waals surface area contributed by atoms with Crippen molar-refractivity contribution in [3.63, 3.8) is 0 Å². The highest BCUT2D eigenvalue weighted by Gasteiger charge is 2.05. The average molecular weight is 270 g/mol. The van der Waals surface area contributed by atoms with Crippen molar-refractivity contribution in [2.45, 2.75) is 6.92 Å². The number of rotatable bonds is 3. The molecule has 0 atom stereocenters. The number of benzene rings is 2. The highest BCUT2D eigenvalue weighted by atomic mass is 16.6. The van der Waals surface area contributed by atoms with Crippen LogP contribution in [0.4, 0.5) is 10.5 Å². The Kier molecular flexibility index (Phi) is 4.34. The normalized spacial score (nSPS) is 10.9. The molecule has 0 saturated heterocycles. The molecule has 20 heavy (non-hydrogen) atoms. The predicted octanol–water partition coefficient (Wildman–Crippen LogP) is 3.50. The minimum Gasteiger partial charge on any atom is -0.411 e. The SMILES string of the molecule is C/C(=N\O)c1ccc(NC(=O)Oc2ccccc2)cc1. The number of carbonyl (C=O) groups excluding carboxylic acids is 1. The van der Waals surface area contributed by atoms with Gasteiger partial charge in [-0.05, 0) is 36.8 Å². The summed E-state index contributed by atoms with van der Waals surface area (Å²) in [6, 6.07) is 15.7.